The van der Waals surface area contributed by atoms with Crippen LogP contribution in [0.1, 0.15) is 24.8 Å². The molecule has 112 valence electrons. The first-order valence-electron chi connectivity index (χ1n) is 7.65. The minimum Gasteiger partial charge on any atom is -0.349 e. The van der Waals surface area contributed by atoms with Crippen LogP contribution in [-0.2, 0) is 17.9 Å². The number of hydrogen-bond donors (Lipinski definition) is 1. The molecule has 21 heavy (non-hydrogen) atoms. The molecule has 1 aromatic heterocycles. The fraction of sp³-hybridized carbons (Fsp3) is 0.471. The van der Waals surface area contributed by atoms with Gasteiger partial charge >= 0.3 is 0 Å². The van der Waals surface area contributed by atoms with E-state index in [-0.39, 0.29) is 5.91 Å². The van der Waals surface area contributed by atoms with Crippen molar-refractivity contribution in [3.8, 4) is 0 Å². The van der Waals surface area contributed by atoms with Crippen LogP contribution in [0.4, 0.5) is 0 Å². The summed E-state index contributed by atoms with van der Waals surface area (Å²) >= 11 is 0. The maximum absolute atomic E-state index is 11.7. The van der Waals surface area contributed by atoms with Crippen LogP contribution in [0.25, 0.3) is 10.9 Å². The summed E-state index contributed by atoms with van der Waals surface area (Å²) in [7, 11) is 3.61. The summed E-state index contributed by atoms with van der Waals surface area (Å²) in [6, 6.07) is 9.32. The van der Waals surface area contributed by atoms with Crippen molar-refractivity contribution in [2.24, 2.45) is 0 Å². The highest BCUT2D eigenvalue weighted by molar-refractivity contribution is 5.84. The van der Waals surface area contributed by atoms with Crippen LogP contribution in [0, 0.1) is 0 Å². The van der Waals surface area contributed by atoms with Crippen LogP contribution in [-0.4, -0.2) is 35.5 Å². The van der Waals surface area contributed by atoms with Gasteiger partial charge in [-0.1, -0.05) is 12.1 Å². The molecule has 3 rings (SSSR count). The van der Waals surface area contributed by atoms with E-state index in [1.165, 1.54) is 29.3 Å². The summed E-state index contributed by atoms with van der Waals surface area (Å²) in [4.78, 5) is 13.4. The Morgan fingerprint density at radius 1 is 1.33 bits per heavy atom. The van der Waals surface area contributed by atoms with Gasteiger partial charge in [0, 0.05) is 56.7 Å². The molecule has 4 nitrogen and oxygen atoms in total. The second kappa shape index (κ2) is 5.90. The third-order valence-electron chi connectivity index (χ3n) is 4.13. The molecule has 1 aromatic carbocycles. The Balaban J connectivity index is 1.74. The number of benzene rings is 1. The van der Waals surface area contributed by atoms with Crippen LogP contribution in [0.5, 0.6) is 0 Å². The molecule has 0 bridgehead atoms. The van der Waals surface area contributed by atoms with Crippen LogP contribution >= 0.6 is 0 Å². The van der Waals surface area contributed by atoms with Gasteiger partial charge in [0.1, 0.15) is 0 Å². The van der Waals surface area contributed by atoms with E-state index in [9.17, 15) is 4.79 Å². The molecule has 1 aliphatic carbocycles. The topological polar surface area (TPSA) is 37.3 Å². The number of nitrogens with one attached hydrogen (secondary N) is 1. The van der Waals surface area contributed by atoms with Crippen molar-refractivity contribution in [3.05, 3.63) is 36.0 Å². The zero-order valence-corrected chi connectivity index (χ0v) is 12.8. The lowest BCUT2D eigenvalue weighted by Crippen LogP contribution is -2.22. The molecular formula is C17H23N3O. The van der Waals surface area contributed by atoms with Crippen molar-refractivity contribution in [1.29, 1.82) is 0 Å². The highest BCUT2D eigenvalue weighted by Gasteiger charge is 2.20. The normalized spacial score (nSPS) is 14.6. The molecule has 1 fully saturated rings. The molecule has 0 unspecified atom stereocenters. The Labute approximate surface area is 125 Å². The molecular weight excluding hydrogens is 262 g/mol. The van der Waals surface area contributed by atoms with E-state index >= 15 is 0 Å². The number of carbonyl (C=O) groups is 1. The fourth-order valence-electron chi connectivity index (χ4n) is 2.62. The van der Waals surface area contributed by atoms with E-state index in [4.69, 9.17) is 0 Å². The lowest BCUT2D eigenvalue weighted by atomic mass is 10.1. The lowest BCUT2D eigenvalue weighted by Gasteiger charge is -2.11. The minimum atomic E-state index is 0.170. The molecule has 0 atom stereocenters. The molecule has 1 heterocycles. The molecule has 0 radical (unpaired) electrons. The largest absolute Gasteiger partial charge is 0.349 e. The Morgan fingerprint density at radius 2 is 2.14 bits per heavy atom. The van der Waals surface area contributed by atoms with Crippen molar-refractivity contribution in [2.45, 2.75) is 38.4 Å². The van der Waals surface area contributed by atoms with E-state index in [1.807, 2.05) is 0 Å². The third-order valence-corrected chi connectivity index (χ3v) is 4.13. The third kappa shape index (κ3) is 3.27. The smallest absolute Gasteiger partial charge is 0.223 e. The molecule has 0 aliphatic heterocycles. The predicted molar refractivity (Wildman–Crippen MR) is 85.1 cm³/mol. The van der Waals surface area contributed by atoms with Crippen molar-refractivity contribution in [1.82, 2.24) is 14.8 Å². The van der Waals surface area contributed by atoms with Crippen molar-refractivity contribution in [2.75, 3.05) is 14.1 Å². The molecule has 1 aliphatic rings. The minimum absolute atomic E-state index is 0.170. The number of aryl methyl sites for hydroxylation is 1. The Hall–Kier alpha value is -1.81. The van der Waals surface area contributed by atoms with E-state index in [0.29, 0.717) is 6.42 Å². The number of rotatable bonds is 6. The number of nitrogens with zero attached hydrogens (tertiary/aromatic N) is 2. The number of carbonyl (C=O) groups excluding carboxylic acids is 1. The molecule has 0 saturated heterocycles. The van der Waals surface area contributed by atoms with Gasteiger partial charge in [-0.2, -0.15) is 0 Å². The molecule has 1 saturated carbocycles. The highest BCUT2D eigenvalue weighted by Crippen LogP contribution is 2.23. The summed E-state index contributed by atoms with van der Waals surface area (Å²) in [5.41, 5.74) is 2.56. The van der Waals surface area contributed by atoms with E-state index < -0.39 is 0 Å². The van der Waals surface area contributed by atoms with Gasteiger partial charge in [0.2, 0.25) is 5.91 Å². The van der Waals surface area contributed by atoms with Crippen LogP contribution < -0.4 is 5.32 Å². The molecule has 0 spiro atoms. The first kappa shape index (κ1) is 14.1. The molecule has 1 N–H and O–H groups in total. The number of aromatic nitrogens is 1. The monoisotopic (exact) mass is 285 g/mol. The van der Waals surface area contributed by atoms with Gasteiger partial charge in [-0.05, 0) is 30.5 Å². The van der Waals surface area contributed by atoms with E-state index in [2.05, 4.69) is 40.3 Å². The predicted octanol–water partition coefficient (Wildman–Crippen LogP) is 2.37. The second-order valence-electron chi connectivity index (χ2n) is 6.05. The van der Waals surface area contributed by atoms with Crippen LogP contribution in [0.2, 0.25) is 0 Å². The summed E-state index contributed by atoms with van der Waals surface area (Å²) in [6.07, 6.45) is 5.25. The van der Waals surface area contributed by atoms with Gasteiger partial charge in [-0.3, -0.25) is 4.79 Å². The maximum Gasteiger partial charge on any atom is 0.223 e. The first-order valence-corrected chi connectivity index (χ1v) is 7.65. The molecule has 1 amide bonds. The Bertz CT molecular complexity index is 641. The zero-order valence-electron chi connectivity index (χ0n) is 12.8. The van der Waals surface area contributed by atoms with E-state index in [0.717, 1.165) is 19.1 Å². The second-order valence-corrected chi connectivity index (χ2v) is 6.05. The van der Waals surface area contributed by atoms with Gasteiger partial charge < -0.3 is 14.8 Å². The number of hydrogen-bond acceptors (Lipinski definition) is 2. The quantitative estimate of drug-likeness (QED) is 0.885. The standard InChI is InChI=1S/C17H23N3O/c1-19(2)17(21)9-11-20-10-8-15-13(4-3-5-16(15)20)12-18-14-6-7-14/h3-5,8,10,14,18H,6-7,9,11-12H2,1-2H3. The molecule has 2 aromatic rings. The number of amides is 1. The SMILES string of the molecule is CN(C)C(=O)CCn1ccc2c(CNC3CC3)cccc21. The summed E-state index contributed by atoms with van der Waals surface area (Å²) in [5.74, 6) is 0.170. The lowest BCUT2D eigenvalue weighted by molar-refractivity contribution is -0.128. The average molecular weight is 285 g/mol. The Kier molecular flexibility index (Phi) is 3.97. The van der Waals surface area contributed by atoms with Gasteiger partial charge in [0.15, 0.2) is 0 Å². The van der Waals surface area contributed by atoms with Gasteiger partial charge in [-0.25, -0.2) is 0 Å². The van der Waals surface area contributed by atoms with Crippen molar-refractivity contribution in [3.63, 3.8) is 0 Å². The molecule has 4 heteroatoms. The van der Waals surface area contributed by atoms with Crippen LogP contribution in [0.3, 0.4) is 0 Å². The zero-order chi connectivity index (χ0) is 14.8. The van der Waals surface area contributed by atoms with E-state index in [1.54, 1.807) is 19.0 Å². The highest BCUT2D eigenvalue weighted by atomic mass is 16.2. The average Bonchev–Trinajstić information content (AvgIpc) is 3.21. The van der Waals surface area contributed by atoms with Gasteiger partial charge in [-0.15, -0.1) is 0 Å². The van der Waals surface area contributed by atoms with Crippen molar-refractivity contribution < 1.29 is 4.79 Å². The first-order chi connectivity index (χ1) is 10.1. The van der Waals surface area contributed by atoms with Crippen LogP contribution in [0.15, 0.2) is 30.5 Å². The summed E-state index contributed by atoms with van der Waals surface area (Å²) < 4.78 is 2.18. The van der Waals surface area contributed by atoms with Gasteiger partial charge in [0.05, 0.1) is 0 Å². The van der Waals surface area contributed by atoms with Crippen molar-refractivity contribution >= 4 is 16.8 Å². The van der Waals surface area contributed by atoms with Gasteiger partial charge in [0.25, 0.3) is 0 Å². The number of fused-ring (bicyclic) bond motifs is 1. The maximum atomic E-state index is 11.7. The summed E-state index contributed by atoms with van der Waals surface area (Å²) in [5, 5.41) is 4.86. The summed E-state index contributed by atoms with van der Waals surface area (Å²) in [6.45, 7) is 1.67. The Morgan fingerprint density at radius 3 is 2.86 bits per heavy atom. The fourth-order valence-corrected chi connectivity index (χ4v) is 2.62.